The number of aromatic nitrogens is 1. The highest BCUT2D eigenvalue weighted by Crippen LogP contribution is 2.17. The van der Waals surface area contributed by atoms with Crippen molar-refractivity contribution in [1.29, 1.82) is 0 Å². The van der Waals surface area contributed by atoms with Gasteiger partial charge in [-0.25, -0.2) is 4.79 Å². The highest BCUT2D eigenvalue weighted by Gasteiger charge is 2.34. The highest BCUT2D eigenvalue weighted by molar-refractivity contribution is 5.99. The Labute approximate surface area is 105 Å². The number of hydrogen-bond donors (Lipinski definition) is 2. The molecular formula is C12H18N2O4. The summed E-state index contributed by atoms with van der Waals surface area (Å²) >= 11 is 0. The maximum atomic E-state index is 12.1. The first-order valence-electron chi connectivity index (χ1n) is 5.86. The van der Waals surface area contributed by atoms with Crippen LogP contribution in [0, 0.1) is 6.92 Å². The molecule has 6 nitrogen and oxygen atoms in total. The highest BCUT2D eigenvalue weighted by atomic mass is 16.5. The third-order valence-corrected chi connectivity index (χ3v) is 3.06. The Morgan fingerprint density at radius 3 is 2.50 bits per heavy atom. The van der Waals surface area contributed by atoms with Gasteiger partial charge in [0.15, 0.2) is 0 Å². The van der Waals surface area contributed by atoms with Crippen molar-refractivity contribution in [1.82, 2.24) is 10.5 Å². The van der Waals surface area contributed by atoms with E-state index in [9.17, 15) is 9.59 Å². The van der Waals surface area contributed by atoms with Gasteiger partial charge in [0.1, 0.15) is 16.9 Å². The maximum Gasteiger partial charge on any atom is 0.329 e. The lowest BCUT2D eigenvalue weighted by molar-refractivity contribution is -0.143. The zero-order valence-corrected chi connectivity index (χ0v) is 11.0. The fraction of sp³-hybridized carbons (Fsp3) is 0.583. The number of nitrogens with one attached hydrogen (secondary N) is 1. The van der Waals surface area contributed by atoms with Crippen LogP contribution in [-0.4, -0.2) is 27.7 Å². The molecule has 0 aliphatic carbocycles. The number of nitrogens with zero attached hydrogens (tertiary/aromatic N) is 1. The smallest absolute Gasteiger partial charge is 0.329 e. The number of carbonyl (C=O) groups is 2. The Balaban J connectivity index is 3.01. The molecule has 0 radical (unpaired) electrons. The largest absolute Gasteiger partial charge is 0.480 e. The fourth-order valence-electron chi connectivity index (χ4n) is 1.56. The van der Waals surface area contributed by atoms with E-state index in [4.69, 9.17) is 9.63 Å². The van der Waals surface area contributed by atoms with Crippen LogP contribution in [0.25, 0.3) is 0 Å². The molecule has 0 spiro atoms. The summed E-state index contributed by atoms with van der Waals surface area (Å²) in [6.45, 7) is 6.66. The van der Waals surface area contributed by atoms with Gasteiger partial charge in [-0.3, -0.25) is 4.79 Å². The first kappa shape index (κ1) is 14.2. The van der Waals surface area contributed by atoms with Gasteiger partial charge in [0, 0.05) is 0 Å². The van der Waals surface area contributed by atoms with Crippen molar-refractivity contribution in [2.24, 2.45) is 0 Å². The summed E-state index contributed by atoms with van der Waals surface area (Å²) in [5.74, 6) is -1.13. The van der Waals surface area contributed by atoms with Gasteiger partial charge < -0.3 is 14.9 Å². The molecule has 0 saturated heterocycles. The molecule has 1 rings (SSSR count). The maximum absolute atomic E-state index is 12.1. The Bertz CT molecular complexity index is 467. The Morgan fingerprint density at radius 2 is 2.06 bits per heavy atom. The molecule has 0 bridgehead atoms. The third kappa shape index (κ3) is 2.52. The SMILES string of the molecule is CCc1noc(C)c1C(=O)NC(C)(CC)C(=O)O. The molecule has 0 aliphatic rings. The first-order chi connectivity index (χ1) is 8.35. The quantitative estimate of drug-likeness (QED) is 0.831. The van der Waals surface area contributed by atoms with Crippen molar-refractivity contribution in [2.75, 3.05) is 0 Å². The first-order valence-corrected chi connectivity index (χ1v) is 5.86. The molecule has 18 heavy (non-hydrogen) atoms. The average molecular weight is 254 g/mol. The molecule has 1 aromatic heterocycles. The summed E-state index contributed by atoms with van der Waals surface area (Å²) in [6, 6.07) is 0. The summed E-state index contributed by atoms with van der Waals surface area (Å²) in [4.78, 5) is 23.3. The summed E-state index contributed by atoms with van der Waals surface area (Å²) in [5, 5.41) is 15.4. The topological polar surface area (TPSA) is 92.4 Å². The van der Waals surface area contributed by atoms with Crippen molar-refractivity contribution < 1.29 is 19.2 Å². The van der Waals surface area contributed by atoms with Gasteiger partial charge in [-0.15, -0.1) is 0 Å². The van der Waals surface area contributed by atoms with Gasteiger partial charge in [0.25, 0.3) is 5.91 Å². The summed E-state index contributed by atoms with van der Waals surface area (Å²) < 4.78 is 4.96. The number of carboxylic acids is 1. The molecule has 1 unspecified atom stereocenters. The van der Waals surface area contributed by atoms with E-state index in [0.29, 0.717) is 29.9 Å². The Kier molecular flexibility index (Phi) is 4.11. The van der Waals surface area contributed by atoms with Crippen LogP contribution >= 0.6 is 0 Å². The van der Waals surface area contributed by atoms with Crippen molar-refractivity contribution >= 4 is 11.9 Å². The normalized spacial score (nSPS) is 14.0. The van der Waals surface area contributed by atoms with E-state index in [1.807, 2.05) is 6.92 Å². The van der Waals surface area contributed by atoms with Crippen LogP contribution in [0.5, 0.6) is 0 Å². The van der Waals surface area contributed by atoms with Crippen molar-refractivity contribution in [3.8, 4) is 0 Å². The lowest BCUT2D eigenvalue weighted by atomic mass is 9.98. The summed E-state index contributed by atoms with van der Waals surface area (Å²) in [5.41, 5.74) is -0.418. The minimum Gasteiger partial charge on any atom is -0.480 e. The fourth-order valence-corrected chi connectivity index (χ4v) is 1.56. The lowest BCUT2D eigenvalue weighted by Gasteiger charge is -2.24. The van der Waals surface area contributed by atoms with Crippen molar-refractivity contribution in [3.63, 3.8) is 0 Å². The van der Waals surface area contributed by atoms with E-state index < -0.39 is 17.4 Å². The molecule has 1 heterocycles. The molecule has 0 aromatic carbocycles. The van der Waals surface area contributed by atoms with Gasteiger partial charge in [-0.2, -0.15) is 0 Å². The third-order valence-electron chi connectivity index (χ3n) is 3.06. The molecular weight excluding hydrogens is 236 g/mol. The van der Waals surface area contributed by atoms with Crippen LogP contribution in [0.4, 0.5) is 0 Å². The predicted octanol–water partition coefficient (Wildman–Crippen LogP) is 1.53. The van der Waals surface area contributed by atoms with E-state index in [2.05, 4.69) is 10.5 Å². The molecule has 1 atom stereocenters. The van der Waals surface area contributed by atoms with E-state index >= 15 is 0 Å². The van der Waals surface area contributed by atoms with Crippen molar-refractivity contribution in [3.05, 3.63) is 17.0 Å². The van der Waals surface area contributed by atoms with Gasteiger partial charge in [0.05, 0.1) is 5.69 Å². The number of aryl methyl sites for hydroxylation is 2. The molecule has 0 aliphatic heterocycles. The minimum absolute atomic E-state index is 0.292. The van der Waals surface area contributed by atoms with Crippen LogP contribution in [-0.2, 0) is 11.2 Å². The van der Waals surface area contributed by atoms with Crippen LogP contribution < -0.4 is 5.32 Å². The average Bonchev–Trinajstić information content (AvgIpc) is 2.69. The second kappa shape index (κ2) is 5.20. The monoisotopic (exact) mass is 254 g/mol. The number of rotatable bonds is 5. The molecule has 100 valence electrons. The zero-order valence-electron chi connectivity index (χ0n) is 11.0. The minimum atomic E-state index is -1.29. The van der Waals surface area contributed by atoms with E-state index in [-0.39, 0.29) is 0 Å². The molecule has 6 heteroatoms. The molecule has 2 N–H and O–H groups in total. The zero-order chi connectivity index (χ0) is 13.9. The standard InChI is InChI=1S/C12H18N2O4/c1-5-8-9(7(3)18-14-8)10(15)13-12(4,6-2)11(16)17/h5-6H2,1-4H3,(H,13,15)(H,16,17). The predicted molar refractivity (Wildman–Crippen MR) is 64.4 cm³/mol. The Morgan fingerprint density at radius 1 is 1.44 bits per heavy atom. The van der Waals surface area contributed by atoms with Crippen LogP contribution in [0.1, 0.15) is 49.0 Å². The molecule has 0 fully saturated rings. The molecule has 1 amide bonds. The van der Waals surface area contributed by atoms with E-state index in [0.717, 1.165) is 0 Å². The number of carboxylic acid groups (broad SMARTS) is 1. The summed E-state index contributed by atoms with van der Waals surface area (Å²) in [7, 11) is 0. The second-order valence-electron chi connectivity index (χ2n) is 4.36. The van der Waals surface area contributed by atoms with Gasteiger partial charge in [0.2, 0.25) is 0 Å². The van der Waals surface area contributed by atoms with Gasteiger partial charge in [-0.1, -0.05) is 19.0 Å². The van der Waals surface area contributed by atoms with Crippen LogP contribution in [0.2, 0.25) is 0 Å². The van der Waals surface area contributed by atoms with Crippen molar-refractivity contribution in [2.45, 2.75) is 46.1 Å². The number of amides is 1. The number of aliphatic carboxylic acids is 1. The van der Waals surface area contributed by atoms with Crippen LogP contribution in [0.15, 0.2) is 4.52 Å². The lowest BCUT2D eigenvalue weighted by Crippen LogP contribution is -2.51. The Hall–Kier alpha value is -1.85. The number of hydrogen-bond acceptors (Lipinski definition) is 4. The molecule has 0 saturated carbocycles. The van der Waals surface area contributed by atoms with Gasteiger partial charge >= 0.3 is 5.97 Å². The number of carbonyl (C=O) groups excluding carboxylic acids is 1. The summed E-state index contributed by atoms with van der Waals surface area (Å²) in [6.07, 6.45) is 0.843. The van der Waals surface area contributed by atoms with Crippen LogP contribution in [0.3, 0.4) is 0 Å². The van der Waals surface area contributed by atoms with E-state index in [1.165, 1.54) is 6.92 Å². The van der Waals surface area contributed by atoms with E-state index in [1.54, 1.807) is 13.8 Å². The van der Waals surface area contributed by atoms with Gasteiger partial charge in [-0.05, 0) is 26.7 Å². The second-order valence-corrected chi connectivity index (χ2v) is 4.36. The molecule has 1 aromatic rings.